The SMILES string of the molecule is O=C(OCC(O)CCCO)c1c(Br)c(Br)c(Br)c(Br)c1C(=O)OCC(O)CCCO. The van der Waals surface area contributed by atoms with E-state index in [2.05, 4.69) is 63.7 Å². The lowest BCUT2D eigenvalue weighted by molar-refractivity contribution is 0.0187. The van der Waals surface area contributed by atoms with E-state index in [0.29, 0.717) is 21.8 Å². The Kier molecular flexibility index (Phi) is 13.2. The second-order valence-electron chi connectivity index (χ2n) is 6.24. The van der Waals surface area contributed by atoms with Gasteiger partial charge in [-0.2, -0.15) is 0 Å². The molecule has 0 bridgehead atoms. The average molecular weight is 686 g/mol. The first-order valence-electron chi connectivity index (χ1n) is 8.93. The van der Waals surface area contributed by atoms with Crippen molar-refractivity contribution in [3.63, 3.8) is 0 Å². The fourth-order valence-corrected chi connectivity index (χ4v) is 4.77. The number of ether oxygens (including phenoxy) is 2. The molecule has 4 N–H and O–H groups in total. The Labute approximate surface area is 207 Å². The van der Waals surface area contributed by atoms with Gasteiger partial charge in [-0.15, -0.1) is 0 Å². The van der Waals surface area contributed by atoms with Gasteiger partial charge in [0.15, 0.2) is 0 Å². The smallest absolute Gasteiger partial charge is 0.340 e. The molecule has 12 heteroatoms. The molecule has 1 aromatic carbocycles. The largest absolute Gasteiger partial charge is 0.459 e. The molecule has 0 radical (unpaired) electrons. The predicted octanol–water partition coefficient (Wildman–Crippen LogP) is 3.32. The zero-order valence-corrected chi connectivity index (χ0v) is 22.1. The summed E-state index contributed by atoms with van der Waals surface area (Å²) >= 11 is 13.2. The normalized spacial score (nSPS) is 13.1. The third kappa shape index (κ3) is 8.12. The fraction of sp³-hybridized carbons (Fsp3) is 0.556. The highest BCUT2D eigenvalue weighted by molar-refractivity contribution is 9.15. The minimum Gasteiger partial charge on any atom is -0.459 e. The fourth-order valence-electron chi connectivity index (χ4n) is 2.32. The van der Waals surface area contributed by atoms with E-state index in [-0.39, 0.29) is 59.3 Å². The van der Waals surface area contributed by atoms with E-state index in [1.807, 2.05) is 0 Å². The zero-order chi connectivity index (χ0) is 22.8. The van der Waals surface area contributed by atoms with Gasteiger partial charge < -0.3 is 29.9 Å². The Morgan fingerprint density at radius 1 is 0.700 bits per heavy atom. The summed E-state index contributed by atoms with van der Waals surface area (Å²) in [6.45, 7) is -0.817. The van der Waals surface area contributed by atoms with Crippen LogP contribution in [-0.4, -0.2) is 71.0 Å². The molecule has 0 aliphatic carbocycles. The van der Waals surface area contributed by atoms with E-state index in [0.717, 1.165) is 0 Å². The third-order valence-corrected chi connectivity index (χ3v) is 8.65. The van der Waals surface area contributed by atoms with E-state index in [1.165, 1.54) is 0 Å². The number of rotatable bonds is 12. The summed E-state index contributed by atoms with van der Waals surface area (Å²) < 4.78 is 11.7. The van der Waals surface area contributed by atoms with E-state index >= 15 is 0 Å². The molecule has 1 aromatic rings. The highest BCUT2D eigenvalue weighted by Gasteiger charge is 2.30. The number of hydrogen-bond acceptors (Lipinski definition) is 8. The number of carbonyl (C=O) groups is 2. The molecule has 0 aliphatic rings. The number of halogens is 4. The van der Waals surface area contributed by atoms with Gasteiger partial charge in [0.05, 0.1) is 23.3 Å². The Morgan fingerprint density at radius 3 is 1.33 bits per heavy atom. The van der Waals surface area contributed by atoms with Crippen molar-refractivity contribution >= 4 is 75.7 Å². The highest BCUT2D eigenvalue weighted by atomic mass is 79.9. The number of aliphatic hydroxyl groups is 4. The standard InChI is InChI=1S/C18H22Br4O8/c19-13-11(17(27)29-7-9(25)3-1-5-23)12(14(20)16(22)15(13)21)18(28)30-8-10(26)4-2-6-24/h9-10,23-26H,1-8H2. The van der Waals surface area contributed by atoms with Gasteiger partial charge in [-0.1, -0.05) is 0 Å². The second-order valence-corrected chi connectivity index (χ2v) is 9.41. The summed E-state index contributed by atoms with van der Waals surface area (Å²) in [5.74, 6) is -1.74. The number of carbonyl (C=O) groups excluding carboxylic acids is 2. The third-order valence-electron chi connectivity index (χ3n) is 3.88. The van der Waals surface area contributed by atoms with Gasteiger partial charge in [-0.25, -0.2) is 9.59 Å². The number of aliphatic hydroxyl groups excluding tert-OH is 4. The van der Waals surface area contributed by atoms with Crippen molar-refractivity contribution in [2.45, 2.75) is 37.9 Å². The van der Waals surface area contributed by atoms with Crippen LogP contribution in [0.2, 0.25) is 0 Å². The van der Waals surface area contributed by atoms with Crippen molar-refractivity contribution in [1.29, 1.82) is 0 Å². The molecule has 8 nitrogen and oxygen atoms in total. The topological polar surface area (TPSA) is 134 Å². The van der Waals surface area contributed by atoms with Gasteiger partial charge in [0.2, 0.25) is 0 Å². The highest BCUT2D eigenvalue weighted by Crippen LogP contribution is 2.42. The Morgan fingerprint density at radius 2 is 1.03 bits per heavy atom. The van der Waals surface area contributed by atoms with E-state index in [9.17, 15) is 19.8 Å². The molecule has 0 heterocycles. The minimum absolute atomic E-state index is 0.0939. The van der Waals surface area contributed by atoms with Crippen molar-refractivity contribution in [3.05, 3.63) is 29.0 Å². The molecule has 0 saturated carbocycles. The molecule has 0 aromatic heterocycles. The first-order valence-corrected chi connectivity index (χ1v) is 12.1. The molecule has 2 unspecified atom stereocenters. The van der Waals surface area contributed by atoms with Crippen LogP contribution in [-0.2, 0) is 9.47 Å². The summed E-state index contributed by atoms with van der Waals surface area (Å²) in [6.07, 6.45) is -0.709. The van der Waals surface area contributed by atoms with Gasteiger partial charge in [0.25, 0.3) is 0 Å². The zero-order valence-electron chi connectivity index (χ0n) is 15.7. The quantitative estimate of drug-likeness (QED) is 0.150. The van der Waals surface area contributed by atoms with E-state index < -0.39 is 24.1 Å². The lowest BCUT2D eigenvalue weighted by Gasteiger charge is -2.18. The maximum Gasteiger partial charge on any atom is 0.340 e. The maximum atomic E-state index is 12.7. The average Bonchev–Trinajstić information content (AvgIpc) is 2.73. The van der Waals surface area contributed by atoms with Crippen LogP contribution in [0.15, 0.2) is 17.9 Å². The van der Waals surface area contributed by atoms with Crippen LogP contribution in [0, 0.1) is 0 Å². The summed E-state index contributed by atoms with van der Waals surface area (Å²) in [5, 5.41) is 37.3. The molecule has 0 amide bonds. The van der Waals surface area contributed by atoms with Gasteiger partial charge in [0.1, 0.15) is 13.2 Å². The van der Waals surface area contributed by atoms with Crippen LogP contribution in [0.4, 0.5) is 0 Å². The van der Waals surface area contributed by atoms with Crippen LogP contribution in [0.3, 0.4) is 0 Å². The molecule has 170 valence electrons. The summed E-state index contributed by atoms with van der Waals surface area (Å²) in [4.78, 5) is 25.4. The van der Waals surface area contributed by atoms with Crippen LogP contribution < -0.4 is 0 Å². The number of benzene rings is 1. The van der Waals surface area contributed by atoms with Crippen LogP contribution in [0.5, 0.6) is 0 Å². The molecule has 0 saturated heterocycles. The lowest BCUT2D eigenvalue weighted by atomic mass is 10.1. The number of hydrogen-bond donors (Lipinski definition) is 4. The van der Waals surface area contributed by atoms with Crippen LogP contribution in [0.25, 0.3) is 0 Å². The maximum absolute atomic E-state index is 12.7. The van der Waals surface area contributed by atoms with Gasteiger partial charge >= 0.3 is 11.9 Å². The minimum atomic E-state index is -0.959. The molecule has 30 heavy (non-hydrogen) atoms. The number of esters is 2. The van der Waals surface area contributed by atoms with E-state index in [4.69, 9.17) is 19.7 Å². The van der Waals surface area contributed by atoms with E-state index in [1.54, 1.807) is 0 Å². The van der Waals surface area contributed by atoms with Crippen molar-refractivity contribution in [1.82, 2.24) is 0 Å². The Bertz CT molecular complexity index is 683. The summed E-state index contributed by atoms with van der Waals surface area (Å²) in [7, 11) is 0. The molecule has 2 atom stereocenters. The van der Waals surface area contributed by atoms with Crippen molar-refractivity contribution < 1.29 is 39.5 Å². The van der Waals surface area contributed by atoms with Gasteiger partial charge in [0, 0.05) is 31.1 Å². The molecule has 0 spiro atoms. The monoisotopic (exact) mass is 682 g/mol. The van der Waals surface area contributed by atoms with Gasteiger partial charge in [-0.05, 0) is 89.4 Å². The van der Waals surface area contributed by atoms with Crippen molar-refractivity contribution in [2.75, 3.05) is 26.4 Å². The first kappa shape index (κ1) is 28.0. The predicted molar refractivity (Wildman–Crippen MR) is 122 cm³/mol. The Hall–Kier alpha value is -0.0800. The Balaban J connectivity index is 3.10. The molecule has 1 rings (SSSR count). The summed E-state index contributed by atoms with van der Waals surface area (Å²) in [5.41, 5.74) is -0.248. The molecule has 0 fully saturated rings. The molecular formula is C18H22Br4O8. The van der Waals surface area contributed by atoms with Crippen LogP contribution >= 0.6 is 63.7 Å². The lowest BCUT2D eigenvalue weighted by Crippen LogP contribution is -2.23. The van der Waals surface area contributed by atoms with Crippen molar-refractivity contribution in [2.24, 2.45) is 0 Å². The summed E-state index contributed by atoms with van der Waals surface area (Å²) in [6, 6.07) is 0. The molecule has 0 aliphatic heterocycles. The van der Waals surface area contributed by atoms with Crippen molar-refractivity contribution in [3.8, 4) is 0 Å². The van der Waals surface area contributed by atoms with Gasteiger partial charge in [-0.3, -0.25) is 0 Å². The van der Waals surface area contributed by atoms with Crippen LogP contribution in [0.1, 0.15) is 46.4 Å². The molecular weight excluding hydrogens is 664 g/mol. The second kappa shape index (κ2) is 14.1. The first-order chi connectivity index (χ1) is 14.1.